The SMILES string of the molecule is C[C@@H]1[C@H](CN(C)[C@H](C)c2ccc3ccccc3c2)O[C@H](c2ccc(-c3ccccc3CNC(=O)CCCC(=O)O)cc2)O[C@@H]1c1ccc(CO)cc1. The first-order valence-corrected chi connectivity index (χ1v) is 18.1. The van der Waals surface area contributed by atoms with Crippen LogP contribution in [0.25, 0.3) is 21.9 Å². The predicted octanol–water partition coefficient (Wildman–Crippen LogP) is 8.35. The molecule has 1 fully saturated rings. The standard InChI is InChI=1S/C44H48N2O6/c1-29-40(27-46(3)30(2)36-24-19-32-9-4-5-10-37(32)25-36)51-44(52-43(29)34-17-15-31(28-47)16-18-34)35-22-20-33(21-23-35)39-12-7-6-11-38(39)26-45-41(48)13-8-14-42(49)50/h4-7,9-12,15-25,29-30,40,43-44,47H,8,13-14,26-28H2,1-3H3,(H,45,48)(H,49,50)/t29-,30-,40+,43+,44+/m1/s1. The molecule has 5 aromatic rings. The van der Waals surface area contributed by atoms with Crippen LogP contribution in [-0.2, 0) is 32.2 Å². The second kappa shape index (κ2) is 17.1. The van der Waals surface area contributed by atoms with Gasteiger partial charge in [0.25, 0.3) is 0 Å². The number of hydrogen-bond acceptors (Lipinski definition) is 6. The Hall–Kier alpha value is -4.86. The number of benzene rings is 5. The summed E-state index contributed by atoms with van der Waals surface area (Å²) < 4.78 is 13.5. The van der Waals surface area contributed by atoms with Crippen molar-refractivity contribution in [1.82, 2.24) is 10.2 Å². The molecule has 1 aliphatic heterocycles. The fourth-order valence-electron chi connectivity index (χ4n) is 6.95. The van der Waals surface area contributed by atoms with E-state index in [1.165, 1.54) is 16.3 Å². The van der Waals surface area contributed by atoms with Gasteiger partial charge in [-0.15, -0.1) is 0 Å². The van der Waals surface area contributed by atoms with Gasteiger partial charge in [-0.3, -0.25) is 14.5 Å². The van der Waals surface area contributed by atoms with Crippen molar-refractivity contribution in [3.8, 4) is 11.1 Å². The highest BCUT2D eigenvalue weighted by atomic mass is 16.7. The summed E-state index contributed by atoms with van der Waals surface area (Å²) >= 11 is 0. The van der Waals surface area contributed by atoms with Crippen LogP contribution in [0.5, 0.6) is 0 Å². The van der Waals surface area contributed by atoms with Gasteiger partial charge in [-0.2, -0.15) is 0 Å². The molecule has 0 unspecified atom stereocenters. The number of aliphatic hydroxyl groups excluding tert-OH is 1. The number of amides is 1. The molecule has 0 saturated carbocycles. The van der Waals surface area contributed by atoms with E-state index in [0.717, 1.165) is 33.4 Å². The molecule has 8 nitrogen and oxygen atoms in total. The van der Waals surface area contributed by atoms with Crippen LogP contribution in [-0.4, -0.2) is 46.7 Å². The largest absolute Gasteiger partial charge is 0.481 e. The number of aliphatic carboxylic acids is 1. The number of nitrogens with zero attached hydrogens (tertiary/aromatic N) is 1. The molecule has 6 rings (SSSR count). The highest BCUT2D eigenvalue weighted by Gasteiger charge is 2.39. The number of carboxylic acids is 1. The topological polar surface area (TPSA) is 108 Å². The van der Waals surface area contributed by atoms with Crippen LogP contribution in [0.3, 0.4) is 0 Å². The van der Waals surface area contributed by atoms with Crippen LogP contribution >= 0.6 is 0 Å². The average Bonchev–Trinajstić information content (AvgIpc) is 3.17. The van der Waals surface area contributed by atoms with E-state index < -0.39 is 12.3 Å². The van der Waals surface area contributed by atoms with Crippen LogP contribution in [0, 0.1) is 5.92 Å². The third kappa shape index (κ3) is 8.95. The molecule has 0 radical (unpaired) electrons. The van der Waals surface area contributed by atoms with E-state index >= 15 is 0 Å². The van der Waals surface area contributed by atoms with E-state index in [4.69, 9.17) is 14.6 Å². The van der Waals surface area contributed by atoms with Gasteiger partial charge in [0, 0.05) is 43.5 Å². The summed E-state index contributed by atoms with van der Waals surface area (Å²) in [6.07, 6.45) is -0.488. The first-order valence-electron chi connectivity index (χ1n) is 18.1. The van der Waals surface area contributed by atoms with Gasteiger partial charge in [-0.05, 0) is 70.6 Å². The smallest absolute Gasteiger partial charge is 0.303 e. The number of ether oxygens (including phenoxy) is 2. The second-order valence-corrected chi connectivity index (χ2v) is 13.8. The van der Waals surface area contributed by atoms with Gasteiger partial charge >= 0.3 is 5.97 Å². The van der Waals surface area contributed by atoms with E-state index in [2.05, 4.69) is 85.7 Å². The third-order valence-corrected chi connectivity index (χ3v) is 10.3. The number of hydrogen-bond donors (Lipinski definition) is 3. The number of carbonyl (C=O) groups excluding carboxylic acids is 1. The minimum atomic E-state index is -0.901. The van der Waals surface area contributed by atoms with Gasteiger partial charge in [-0.25, -0.2) is 0 Å². The van der Waals surface area contributed by atoms with Crippen molar-refractivity contribution in [3.63, 3.8) is 0 Å². The number of fused-ring (bicyclic) bond motifs is 1. The second-order valence-electron chi connectivity index (χ2n) is 13.8. The van der Waals surface area contributed by atoms with E-state index in [-0.39, 0.29) is 49.5 Å². The van der Waals surface area contributed by atoms with Crippen molar-refractivity contribution in [2.45, 2.75) is 70.8 Å². The van der Waals surface area contributed by atoms with Crippen LogP contribution in [0.4, 0.5) is 0 Å². The molecule has 1 heterocycles. The number of aliphatic hydroxyl groups is 1. The number of nitrogens with one attached hydrogen (secondary N) is 1. The molecule has 270 valence electrons. The van der Waals surface area contributed by atoms with Gasteiger partial charge in [-0.1, -0.05) is 116 Å². The van der Waals surface area contributed by atoms with E-state index in [1.54, 1.807) is 0 Å². The molecule has 0 aromatic heterocycles. The summed E-state index contributed by atoms with van der Waals surface area (Å²) in [5.41, 5.74) is 7.03. The van der Waals surface area contributed by atoms with Gasteiger partial charge in [0.15, 0.2) is 6.29 Å². The van der Waals surface area contributed by atoms with E-state index in [0.29, 0.717) is 19.5 Å². The molecule has 5 aromatic carbocycles. The van der Waals surface area contributed by atoms with Gasteiger partial charge in [0.1, 0.15) is 0 Å². The van der Waals surface area contributed by atoms with Crippen molar-refractivity contribution < 1.29 is 29.3 Å². The molecule has 52 heavy (non-hydrogen) atoms. The molecule has 0 spiro atoms. The lowest BCUT2D eigenvalue weighted by atomic mass is 9.89. The minimum Gasteiger partial charge on any atom is -0.481 e. The van der Waals surface area contributed by atoms with Crippen LogP contribution in [0.1, 0.15) is 79.4 Å². The normalized spacial score (nSPS) is 19.4. The quantitative estimate of drug-likeness (QED) is 0.107. The summed E-state index contributed by atoms with van der Waals surface area (Å²) in [5, 5.41) is 23.9. The molecule has 5 atom stereocenters. The fourth-order valence-corrected chi connectivity index (χ4v) is 6.95. The van der Waals surface area contributed by atoms with Gasteiger partial charge in [0.05, 0.1) is 18.8 Å². The minimum absolute atomic E-state index is 0.0121. The predicted molar refractivity (Wildman–Crippen MR) is 203 cm³/mol. The highest BCUT2D eigenvalue weighted by molar-refractivity contribution is 5.83. The van der Waals surface area contributed by atoms with E-state index in [1.807, 2.05) is 60.7 Å². The Balaban J connectivity index is 1.20. The van der Waals surface area contributed by atoms with Crippen molar-refractivity contribution in [2.24, 2.45) is 5.92 Å². The molecule has 3 N–H and O–H groups in total. The number of likely N-dealkylation sites (N-methyl/N-ethyl adjacent to an activating group) is 1. The lowest BCUT2D eigenvalue weighted by Crippen LogP contribution is -2.44. The Morgan fingerprint density at radius 3 is 2.25 bits per heavy atom. The molecule has 8 heteroatoms. The Morgan fingerprint density at radius 2 is 1.52 bits per heavy atom. The first-order chi connectivity index (χ1) is 25.2. The molecular weight excluding hydrogens is 652 g/mol. The van der Waals surface area contributed by atoms with Gasteiger partial charge in [0.2, 0.25) is 5.91 Å². The third-order valence-electron chi connectivity index (χ3n) is 10.3. The molecule has 1 aliphatic rings. The van der Waals surface area contributed by atoms with Gasteiger partial charge < -0.3 is 25.0 Å². The average molecular weight is 701 g/mol. The Morgan fingerprint density at radius 1 is 0.827 bits per heavy atom. The number of rotatable bonds is 14. The van der Waals surface area contributed by atoms with Crippen molar-refractivity contribution in [2.75, 3.05) is 13.6 Å². The lowest BCUT2D eigenvalue weighted by molar-refractivity contribution is -0.276. The number of carboxylic acid groups (broad SMARTS) is 1. The lowest BCUT2D eigenvalue weighted by Gasteiger charge is -2.43. The van der Waals surface area contributed by atoms with Crippen molar-refractivity contribution in [3.05, 3.63) is 143 Å². The maximum atomic E-state index is 12.4. The molecule has 1 amide bonds. The maximum absolute atomic E-state index is 12.4. The fraction of sp³-hybridized carbons (Fsp3) is 0.318. The summed E-state index contributed by atoms with van der Waals surface area (Å²) in [5.74, 6) is -1.02. The molecule has 0 aliphatic carbocycles. The van der Waals surface area contributed by atoms with Crippen LogP contribution in [0.15, 0.2) is 115 Å². The summed E-state index contributed by atoms with van der Waals surface area (Å²) in [4.78, 5) is 25.5. The zero-order valence-electron chi connectivity index (χ0n) is 30.1. The summed E-state index contributed by atoms with van der Waals surface area (Å²) in [6.45, 7) is 5.46. The van der Waals surface area contributed by atoms with Crippen LogP contribution < -0.4 is 5.32 Å². The Bertz CT molecular complexity index is 1960. The molecule has 0 bridgehead atoms. The summed E-state index contributed by atoms with van der Waals surface area (Å²) in [7, 11) is 2.15. The molecular formula is C44H48N2O6. The Kier molecular flexibility index (Phi) is 12.1. The van der Waals surface area contributed by atoms with E-state index in [9.17, 15) is 14.7 Å². The van der Waals surface area contributed by atoms with Crippen molar-refractivity contribution >= 4 is 22.6 Å². The summed E-state index contributed by atoms with van der Waals surface area (Å²) in [6, 6.07) is 39.4. The zero-order valence-corrected chi connectivity index (χ0v) is 30.1. The van der Waals surface area contributed by atoms with Crippen LogP contribution in [0.2, 0.25) is 0 Å². The molecule has 1 saturated heterocycles. The maximum Gasteiger partial charge on any atom is 0.303 e. The Labute approximate surface area is 306 Å². The van der Waals surface area contributed by atoms with Crippen molar-refractivity contribution in [1.29, 1.82) is 0 Å². The zero-order chi connectivity index (χ0) is 36.6. The highest BCUT2D eigenvalue weighted by Crippen LogP contribution is 2.42. The number of carbonyl (C=O) groups is 2. The monoisotopic (exact) mass is 700 g/mol. The first kappa shape index (κ1) is 36.9.